The van der Waals surface area contributed by atoms with Gasteiger partial charge in [-0.05, 0) is 38.1 Å². The topological polar surface area (TPSA) is 80.4 Å². The first kappa shape index (κ1) is 16.6. The number of aromatic nitrogens is 1. The van der Waals surface area contributed by atoms with E-state index in [1.54, 1.807) is 13.1 Å². The van der Waals surface area contributed by atoms with Crippen LogP contribution in [0.4, 0.5) is 5.69 Å². The van der Waals surface area contributed by atoms with Gasteiger partial charge in [-0.3, -0.25) is 9.59 Å². The molecule has 23 heavy (non-hydrogen) atoms. The number of H-pyrrole nitrogens is 1. The van der Waals surface area contributed by atoms with Gasteiger partial charge in [-0.2, -0.15) is 0 Å². The van der Waals surface area contributed by atoms with Crippen molar-refractivity contribution in [3.05, 3.63) is 40.2 Å². The third-order valence-electron chi connectivity index (χ3n) is 3.18. The van der Waals surface area contributed by atoms with E-state index in [4.69, 9.17) is 9.47 Å². The number of carbonyl (C=O) groups is 1. The summed E-state index contributed by atoms with van der Waals surface area (Å²) in [4.78, 5) is 26.2. The third kappa shape index (κ3) is 3.91. The SMILES string of the molecule is CNc1ccc2c(OCC=C(C)C)c(OC(C)=O)c(=O)[nH]c2c1. The highest BCUT2D eigenvalue weighted by atomic mass is 16.6. The summed E-state index contributed by atoms with van der Waals surface area (Å²) in [5, 5.41) is 3.67. The standard InChI is InChI=1S/C17H20N2O4/c1-10(2)7-8-22-15-13-6-5-12(18-4)9-14(13)19-17(21)16(15)23-11(3)20/h5-7,9,18H,8H2,1-4H3,(H,19,21). The monoisotopic (exact) mass is 316 g/mol. The van der Waals surface area contributed by atoms with Crippen molar-refractivity contribution in [2.24, 2.45) is 0 Å². The van der Waals surface area contributed by atoms with Crippen LogP contribution >= 0.6 is 0 Å². The Balaban J connectivity index is 2.61. The van der Waals surface area contributed by atoms with Gasteiger partial charge in [-0.1, -0.05) is 5.57 Å². The molecule has 0 radical (unpaired) electrons. The number of hydrogen-bond donors (Lipinski definition) is 2. The van der Waals surface area contributed by atoms with Crippen molar-refractivity contribution in [1.82, 2.24) is 4.98 Å². The average molecular weight is 316 g/mol. The van der Waals surface area contributed by atoms with E-state index in [0.717, 1.165) is 11.3 Å². The fourth-order valence-corrected chi connectivity index (χ4v) is 2.08. The van der Waals surface area contributed by atoms with Crippen LogP contribution in [-0.4, -0.2) is 24.6 Å². The molecule has 122 valence electrons. The van der Waals surface area contributed by atoms with E-state index in [0.29, 0.717) is 10.9 Å². The Morgan fingerprint density at radius 1 is 1.26 bits per heavy atom. The number of anilines is 1. The maximum Gasteiger partial charge on any atom is 0.308 e. The lowest BCUT2D eigenvalue weighted by molar-refractivity contribution is -0.132. The summed E-state index contributed by atoms with van der Waals surface area (Å²) in [6.07, 6.45) is 1.88. The molecule has 0 unspecified atom stereocenters. The molecule has 1 heterocycles. The van der Waals surface area contributed by atoms with Crippen molar-refractivity contribution >= 4 is 22.6 Å². The Morgan fingerprint density at radius 3 is 2.61 bits per heavy atom. The highest BCUT2D eigenvalue weighted by Crippen LogP contribution is 2.33. The van der Waals surface area contributed by atoms with Crippen LogP contribution in [0.5, 0.6) is 11.5 Å². The molecule has 1 aromatic heterocycles. The van der Waals surface area contributed by atoms with Crippen molar-refractivity contribution in [3.8, 4) is 11.5 Å². The molecule has 6 nitrogen and oxygen atoms in total. The Morgan fingerprint density at radius 2 is 2.00 bits per heavy atom. The Hall–Kier alpha value is -2.76. The molecule has 0 amide bonds. The zero-order chi connectivity index (χ0) is 17.0. The molecule has 2 N–H and O–H groups in total. The van der Waals surface area contributed by atoms with Crippen LogP contribution in [0.3, 0.4) is 0 Å². The van der Waals surface area contributed by atoms with Gasteiger partial charge in [0.1, 0.15) is 6.61 Å². The number of pyridine rings is 1. The van der Waals surface area contributed by atoms with E-state index in [1.807, 2.05) is 32.1 Å². The zero-order valence-electron chi connectivity index (χ0n) is 13.6. The summed E-state index contributed by atoms with van der Waals surface area (Å²) in [6.45, 7) is 5.42. The molecule has 2 aromatic rings. The largest absolute Gasteiger partial charge is 0.485 e. The molecule has 0 fully saturated rings. The van der Waals surface area contributed by atoms with E-state index < -0.39 is 11.5 Å². The van der Waals surface area contributed by atoms with Crippen molar-refractivity contribution in [2.75, 3.05) is 19.0 Å². The number of fused-ring (bicyclic) bond motifs is 1. The minimum atomic E-state index is -0.575. The van der Waals surface area contributed by atoms with Gasteiger partial charge in [-0.15, -0.1) is 0 Å². The van der Waals surface area contributed by atoms with Crippen molar-refractivity contribution in [3.63, 3.8) is 0 Å². The van der Waals surface area contributed by atoms with Gasteiger partial charge in [0.05, 0.1) is 5.52 Å². The van der Waals surface area contributed by atoms with Gasteiger partial charge in [-0.25, -0.2) is 0 Å². The van der Waals surface area contributed by atoms with Crippen molar-refractivity contribution in [1.29, 1.82) is 0 Å². The van der Waals surface area contributed by atoms with Crippen molar-refractivity contribution in [2.45, 2.75) is 20.8 Å². The van der Waals surface area contributed by atoms with Crippen LogP contribution in [-0.2, 0) is 4.79 Å². The average Bonchev–Trinajstić information content (AvgIpc) is 2.48. The second kappa shape index (κ2) is 7.00. The minimum absolute atomic E-state index is 0.121. The number of ether oxygens (including phenoxy) is 2. The molecule has 0 spiro atoms. The number of allylic oxidation sites excluding steroid dienone is 1. The summed E-state index contributed by atoms with van der Waals surface area (Å²) < 4.78 is 10.8. The summed E-state index contributed by atoms with van der Waals surface area (Å²) in [5.74, 6) is -0.433. The minimum Gasteiger partial charge on any atom is -0.485 e. The second-order valence-electron chi connectivity index (χ2n) is 5.31. The second-order valence-corrected chi connectivity index (χ2v) is 5.31. The summed E-state index contributed by atoms with van der Waals surface area (Å²) >= 11 is 0. The van der Waals surface area contributed by atoms with E-state index in [-0.39, 0.29) is 18.1 Å². The van der Waals surface area contributed by atoms with E-state index in [1.165, 1.54) is 6.92 Å². The normalized spacial score (nSPS) is 10.3. The molecule has 0 bridgehead atoms. The van der Waals surface area contributed by atoms with Crippen LogP contribution in [0.2, 0.25) is 0 Å². The molecule has 0 aliphatic carbocycles. The van der Waals surface area contributed by atoms with Gasteiger partial charge < -0.3 is 19.8 Å². The van der Waals surface area contributed by atoms with Gasteiger partial charge in [0.15, 0.2) is 5.75 Å². The van der Waals surface area contributed by atoms with E-state index >= 15 is 0 Å². The van der Waals surface area contributed by atoms with Crippen LogP contribution in [0, 0.1) is 0 Å². The summed E-state index contributed by atoms with van der Waals surface area (Å²) in [7, 11) is 1.79. The van der Waals surface area contributed by atoms with Crippen LogP contribution in [0.1, 0.15) is 20.8 Å². The van der Waals surface area contributed by atoms with Crippen LogP contribution in [0.25, 0.3) is 10.9 Å². The maximum absolute atomic E-state index is 12.2. The van der Waals surface area contributed by atoms with E-state index in [9.17, 15) is 9.59 Å². The molecule has 1 aromatic carbocycles. The number of nitrogens with one attached hydrogen (secondary N) is 2. The van der Waals surface area contributed by atoms with Crippen LogP contribution in [0.15, 0.2) is 34.6 Å². The molecule has 6 heteroatoms. The quantitative estimate of drug-likeness (QED) is 0.655. The Bertz CT molecular complexity index is 817. The molecule has 0 aliphatic heterocycles. The highest BCUT2D eigenvalue weighted by molar-refractivity contribution is 5.90. The number of hydrogen-bond acceptors (Lipinski definition) is 5. The molecule has 2 rings (SSSR count). The van der Waals surface area contributed by atoms with Gasteiger partial charge in [0, 0.05) is 25.0 Å². The van der Waals surface area contributed by atoms with Crippen LogP contribution < -0.4 is 20.3 Å². The summed E-state index contributed by atoms with van der Waals surface area (Å²) in [5.41, 5.74) is 2.03. The molecule has 0 saturated carbocycles. The fraction of sp³-hybridized carbons (Fsp3) is 0.294. The number of rotatable bonds is 5. The van der Waals surface area contributed by atoms with Gasteiger partial charge in [0.25, 0.3) is 5.56 Å². The molecule has 0 saturated heterocycles. The third-order valence-corrected chi connectivity index (χ3v) is 3.18. The van der Waals surface area contributed by atoms with E-state index in [2.05, 4.69) is 10.3 Å². The fourth-order valence-electron chi connectivity index (χ4n) is 2.08. The lowest BCUT2D eigenvalue weighted by Gasteiger charge is -2.13. The molecule has 0 aliphatic rings. The first-order valence-electron chi connectivity index (χ1n) is 7.24. The number of carbonyl (C=O) groups excluding carboxylic acids is 1. The first-order valence-corrected chi connectivity index (χ1v) is 7.24. The maximum atomic E-state index is 12.2. The van der Waals surface area contributed by atoms with Gasteiger partial charge in [0.2, 0.25) is 5.75 Å². The number of esters is 1. The predicted molar refractivity (Wildman–Crippen MR) is 90.4 cm³/mol. The lowest BCUT2D eigenvalue weighted by atomic mass is 10.1. The lowest BCUT2D eigenvalue weighted by Crippen LogP contribution is -2.16. The molecule has 0 atom stereocenters. The number of benzene rings is 1. The summed E-state index contributed by atoms with van der Waals surface area (Å²) in [6, 6.07) is 5.45. The zero-order valence-corrected chi connectivity index (χ0v) is 13.6. The molecular formula is C17H20N2O4. The van der Waals surface area contributed by atoms with Gasteiger partial charge >= 0.3 is 5.97 Å². The predicted octanol–water partition coefficient (Wildman–Crippen LogP) is 2.84. The smallest absolute Gasteiger partial charge is 0.308 e. The Labute approximate surface area is 134 Å². The first-order chi connectivity index (χ1) is 10.9. The Kier molecular flexibility index (Phi) is 5.05. The number of aromatic amines is 1. The highest BCUT2D eigenvalue weighted by Gasteiger charge is 2.17. The molecular weight excluding hydrogens is 296 g/mol. The van der Waals surface area contributed by atoms with Crippen molar-refractivity contribution < 1.29 is 14.3 Å².